The minimum Gasteiger partial charge on any atom is -0.508 e. The van der Waals surface area contributed by atoms with Crippen molar-refractivity contribution in [2.24, 2.45) is 0 Å². The average Bonchev–Trinajstić information content (AvgIpc) is 0.868. The monoisotopic (exact) mass is 1620 g/mol. The van der Waals surface area contributed by atoms with Crippen LogP contribution in [-0.4, -0.2) is 180 Å². The van der Waals surface area contributed by atoms with Crippen LogP contribution in [0.1, 0.15) is 57.8 Å². The highest BCUT2D eigenvalue weighted by molar-refractivity contribution is 5.48. The molecule has 10 aromatic carbocycles. The lowest BCUT2D eigenvalue weighted by molar-refractivity contribution is 0.228. The van der Waals surface area contributed by atoms with Crippen molar-refractivity contribution in [1.29, 1.82) is 0 Å². The van der Waals surface area contributed by atoms with E-state index in [1.165, 1.54) is 109 Å². The molecule has 0 radical (unpaired) electrons. The van der Waals surface area contributed by atoms with Crippen LogP contribution in [0.5, 0.6) is 172 Å². The third kappa shape index (κ3) is 32.3. The van der Waals surface area contributed by atoms with Crippen LogP contribution in [0.25, 0.3) is 0 Å². The second-order valence-electron chi connectivity index (χ2n) is 26.1. The lowest BCUT2D eigenvalue weighted by Crippen LogP contribution is -2.09. The van der Waals surface area contributed by atoms with E-state index < -0.39 is 0 Å². The number of ether oxygens (including phenoxy) is 18. The summed E-state index contributed by atoms with van der Waals surface area (Å²) in [5.74, 6) is 5.55. The summed E-state index contributed by atoms with van der Waals surface area (Å²) < 4.78 is 109. The van der Waals surface area contributed by atoms with Gasteiger partial charge in [-0.1, -0.05) is 0 Å². The summed E-state index contributed by atoms with van der Waals surface area (Å²) in [6.07, 6.45) is 3.93. The zero-order valence-corrected chi connectivity index (χ0v) is 64.1. The van der Waals surface area contributed by atoms with E-state index >= 15 is 0 Å². The van der Waals surface area contributed by atoms with E-state index in [0.717, 1.165) is 0 Å². The number of hydrogen-bond donors (Lipinski definition) is 12. The Morgan fingerprint density at radius 1 is 0.103 bits per heavy atom. The van der Waals surface area contributed by atoms with Gasteiger partial charge in [0.05, 0.1) is 119 Å². The normalized spacial score (nSPS) is 10.9. The molecule has 0 aromatic heterocycles. The van der Waals surface area contributed by atoms with Gasteiger partial charge in [-0.05, 0) is 0 Å². The number of benzene rings is 10. The SMILES string of the molecule is Oc1cc(O)cc(OCCCOc2cc(OCCCOc3cc(O)cc(O)c3)cc(OCCCOc3cc(OCCCOc4cc(OCCCOc5cc(O)cc(O)c5)cc(OCCCOc5cc(O)cc(O)c5)c4)cc(OCCCOc4cc(OCCCOc5cc(O)cc(O)c5)cc(OCCCOc5cc(O)cc(O)c5)c4)c3)c2)c1. The van der Waals surface area contributed by atoms with E-state index in [0.29, 0.717) is 161 Å². The summed E-state index contributed by atoms with van der Waals surface area (Å²) in [7, 11) is 0. The summed E-state index contributed by atoms with van der Waals surface area (Å²) in [5, 5.41) is 119. The predicted octanol–water partition coefficient (Wildman–Crippen LogP) is 14.8. The van der Waals surface area contributed by atoms with Crippen LogP contribution >= 0.6 is 0 Å². The number of phenolic OH excluding ortho intramolecular Hbond substituents is 12. The molecule has 12 N–H and O–H groups in total. The lowest BCUT2D eigenvalue weighted by atomic mass is 10.3. The highest BCUT2D eigenvalue weighted by Crippen LogP contribution is 2.37. The van der Waals surface area contributed by atoms with Crippen molar-refractivity contribution in [3.63, 3.8) is 0 Å². The first-order valence-electron chi connectivity index (χ1n) is 37.9. The van der Waals surface area contributed by atoms with E-state index in [1.807, 2.05) is 0 Å². The van der Waals surface area contributed by atoms with Crippen molar-refractivity contribution in [3.8, 4) is 172 Å². The van der Waals surface area contributed by atoms with Gasteiger partial charge in [0, 0.05) is 240 Å². The summed E-state index contributed by atoms with van der Waals surface area (Å²) in [6.45, 7) is 3.97. The molecule has 0 fully saturated rings. The quantitative estimate of drug-likeness (QED) is 0.0158. The lowest BCUT2D eigenvalue weighted by Gasteiger charge is -2.15. The van der Waals surface area contributed by atoms with E-state index in [-0.39, 0.29) is 188 Å². The number of phenols is 12. The first-order valence-corrected chi connectivity index (χ1v) is 37.9. The Morgan fingerprint density at radius 2 is 0.171 bits per heavy atom. The van der Waals surface area contributed by atoms with Gasteiger partial charge in [0.15, 0.2) is 0 Å². The highest BCUT2D eigenvalue weighted by atomic mass is 16.5. The summed E-state index contributed by atoms with van der Waals surface area (Å²) in [5.41, 5.74) is 0. The first kappa shape index (κ1) is 85.6. The van der Waals surface area contributed by atoms with E-state index in [9.17, 15) is 61.3 Å². The van der Waals surface area contributed by atoms with Crippen LogP contribution in [-0.2, 0) is 0 Å². The molecule has 0 heterocycles. The average molecular weight is 1620 g/mol. The molecular weight excluding hydrogens is 1520 g/mol. The van der Waals surface area contributed by atoms with Crippen LogP contribution in [0.15, 0.2) is 182 Å². The van der Waals surface area contributed by atoms with Crippen LogP contribution in [0.2, 0.25) is 0 Å². The van der Waals surface area contributed by atoms with Crippen LogP contribution in [0.3, 0.4) is 0 Å². The second kappa shape index (κ2) is 45.8. The zero-order chi connectivity index (χ0) is 82.4. The molecule has 0 bridgehead atoms. The third-order valence-electron chi connectivity index (χ3n) is 16.1. The van der Waals surface area contributed by atoms with Crippen LogP contribution in [0.4, 0.5) is 0 Å². The Hall–Kier alpha value is -13.8. The zero-order valence-electron chi connectivity index (χ0n) is 64.1. The summed E-state index contributed by atoms with van der Waals surface area (Å²) in [4.78, 5) is 0. The van der Waals surface area contributed by atoms with Gasteiger partial charge >= 0.3 is 0 Å². The molecule has 0 aliphatic carbocycles. The van der Waals surface area contributed by atoms with Crippen molar-refractivity contribution in [2.45, 2.75) is 57.8 Å². The van der Waals surface area contributed by atoms with E-state index in [4.69, 9.17) is 85.3 Å². The molecule has 117 heavy (non-hydrogen) atoms. The van der Waals surface area contributed by atoms with Crippen LogP contribution in [0, 0.1) is 0 Å². The molecule has 0 aliphatic rings. The number of hydrogen-bond acceptors (Lipinski definition) is 30. The van der Waals surface area contributed by atoms with Crippen molar-refractivity contribution in [3.05, 3.63) is 182 Å². The smallest absolute Gasteiger partial charge is 0.126 e. The second-order valence-corrected chi connectivity index (χ2v) is 26.1. The molecule has 0 amide bonds. The molecule has 0 spiro atoms. The molecule has 624 valence electrons. The Kier molecular flexibility index (Phi) is 33.5. The summed E-state index contributed by atoms with van der Waals surface area (Å²) in [6, 6.07) is 44.7. The fourth-order valence-corrected chi connectivity index (χ4v) is 11.0. The Balaban J connectivity index is 0.766. The Labute approximate surface area is 674 Å². The predicted molar refractivity (Wildman–Crippen MR) is 425 cm³/mol. The maximum atomic E-state index is 9.88. The largest absolute Gasteiger partial charge is 0.508 e. The molecule has 0 unspecified atom stereocenters. The maximum absolute atomic E-state index is 9.88. The minimum absolute atomic E-state index is 0.135. The van der Waals surface area contributed by atoms with E-state index in [2.05, 4.69) is 0 Å². The standard InChI is InChI=1S/C87H96O30/c88-58-28-59(89)35-70(34-58)100-10-1-16-106-76-46-77(107-17-2-11-101-71-36-60(90)29-61(91)37-71)50-82(49-76)112-22-7-25-115-85-55-86(116-26-8-23-113-83-51-78(108-18-3-12-102-72-38-62(92)30-63(93)39-72)47-79(52-83)109-19-4-13-103-73-40-64(94)31-65(95)41-73)57-87(56-85)117-27-9-24-114-84-53-80(110-20-5-14-104-74-42-66(96)32-67(97)43-74)48-81(54-84)111-21-6-15-105-75-44-68(98)33-69(99)45-75/h28-57,88-99H,1-27H2. The van der Waals surface area contributed by atoms with Gasteiger partial charge in [-0.3, -0.25) is 0 Å². The molecule has 0 saturated carbocycles. The summed E-state index contributed by atoms with van der Waals surface area (Å²) >= 11 is 0. The highest BCUT2D eigenvalue weighted by Gasteiger charge is 2.15. The van der Waals surface area contributed by atoms with E-state index in [1.54, 1.807) is 72.8 Å². The molecule has 30 nitrogen and oxygen atoms in total. The van der Waals surface area contributed by atoms with Crippen LogP contribution < -0.4 is 85.3 Å². The fourth-order valence-electron chi connectivity index (χ4n) is 11.0. The van der Waals surface area contributed by atoms with Gasteiger partial charge in [-0.25, -0.2) is 0 Å². The topological polar surface area (TPSA) is 409 Å². The number of rotatable bonds is 54. The minimum atomic E-state index is -0.135. The number of aromatic hydroxyl groups is 12. The van der Waals surface area contributed by atoms with Gasteiger partial charge in [0.2, 0.25) is 0 Å². The third-order valence-corrected chi connectivity index (χ3v) is 16.1. The van der Waals surface area contributed by atoms with Crippen molar-refractivity contribution in [1.82, 2.24) is 0 Å². The first-order chi connectivity index (χ1) is 56.8. The van der Waals surface area contributed by atoms with Gasteiger partial charge in [-0.15, -0.1) is 0 Å². The van der Waals surface area contributed by atoms with Gasteiger partial charge in [0.1, 0.15) is 172 Å². The van der Waals surface area contributed by atoms with Crippen molar-refractivity contribution < 1.29 is 147 Å². The maximum Gasteiger partial charge on any atom is 0.126 e. The van der Waals surface area contributed by atoms with Crippen molar-refractivity contribution >= 4 is 0 Å². The Morgan fingerprint density at radius 3 is 0.248 bits per heavy atom. The molecule has 0 aliphatic heterocycles. The molecule has 0 atom stereocenters. The molecular formula is C87H96O30. The fraction of sp³-hybridized carbons (Fsp3) is 0.310. The molecule has 10 rings (SSSR count). The van der Waals surface area contributed by atoms with Gasteiger partial charge in [-0.2, -0.15) is 0 Å². The van der Waals surface area contributed by atoms with Crippen molar-refractivity contribution in [2.75, 3.05) is 119 Å². The Bertz CT molecular complexity index is 3870. The molecule has 0 saturated heterocycles. The van der Waals surface area contributed by atoms with Gasteiger partial charge < -0.3 is 147 Å². The molecule has 30 heteroatoms. The van der Waals surface area contributed by atoms with Gasteiger partial charge in [0.25, 0.3) is 0 Å². The molecule has 10 aromatic rings.